The fraction of sp³-hybridized carbons (Fsp3) is 0.500. The maximum absolute atomic E-state index is 11.4. The Hall–Kier alpha value is -0.770. The van der Waals surface area contributed by atoms with Gasteiger partial charge in [0.05, 0.1) is 0 Å². The molecule has 2 unspecified atom stereocenters. The van der Waals surface area contributed by atoms with Crippen LogP contribution in [0.3, 0.4) is 0 Å². The van der Waals surface area contributed by atoms with Crippen molar-refractivity contribution >= 4 is 29.2 Å². The SMILES string of the molecule is CC1CCCN(Cc2cc(Cl)ccc2Cl)C1C(=O)O. The van der Waals surface area contributed by atoms with Crippen molar-refractivity contribution in [1.82, 2.24) is 4.90 Å². The summed E-state index contributed by atoms with van der Waals surface area (Å²) in [5.41, 5.74) is 0.884. The first-order valence-corrected chi connectivity index (χ1v) is 7.15. The number of rotatable bonds is 3. The molecule has 2 rings (SSSR count). The van der Waals surface area contributed by atoms with E-state index in [-0.39, 0.29) is 5.92 Å². The van der Waals surface area contributed by atoms with Gasteiger partial charge in [-0.3, -0.25) is 9.69 Å². The lowest BCUT2D eigenvalue weighted by Crippen LogP contribution is -2.48. The van der Waals surface area contributed by atoms with Crippen molar-refractivity contribution in [1.29, 1.82) is 0 Å². The smallest absolute Gasteiger partial charge is 0.321 e. The van der Waals surface area contributed by atoms with Crippen LogP contribution in [0, 0.1) is 5.92 Å². The Kier molecular flexibility index (Phi) is 4.71. The Balaban J connectivity index is 2.20. The van der Waals surface area contributed by atoms with Gasteiger partial charge in [0, 0.05) is 16.6 Å². The lowest BCUT2D eigenvalue weighted by Gasteiger charge is -2.37. The van der Waals surface area contributed by atoms with Crippen molar-refractivity contribution in [3.63, 3.8) is 0 Å². The van der Waals surface area contributed by atoms with Crippen molar-refractivity contribution < 1.29 is 9.90 Å². The molecule has 104 valence electrons. The van der Waals surface area contributed by atoms with Gasteiger partial charge in [-0.25, -0.2) is 0 Å². The van der Waals surface area contributed by atoms with Crippen LogP contribution in [0.1, 0.15) is 25.3 Å². The van der Waals surface area contributed by atoms with Crippen molar-refractivity contribution in [3.05, 3.63) is 33.8 Å². The van der Waals surface area contributed by atoms with Crippen LogP contribution < -0.4 is 0 Å². The third-order valence-electron chi connectivity index (χ3n) is 3.67. The molecule has 1 aliphatic heterocycles. The van der Waals surface area contributed by atoms with Gasteiger partial charge in [0.25, 0.3) is 0 Å². The van der Waals surface area contributed by atoms with Gasteiger partial charge in [-0.2, -0.15) is 0 Å². The average Bonchev–Trinajstić information content (AvgIpc) is 2.33. The first-order valence-electron chi connectivity index (χ1n) is 6.40. The number of hydrogen-bond acceptors (Lipinski definition) is 2. The molecule has 3 nitrogen and oxygen atoms in total. The normalized spacial score (nSPS) is 24.4. The zero-order valence-electron chi connectivity index (χ0n) is 10.8. The second kappa shape index (κ2) is 6.12. The van der Waals surface area contributed by atoms with E-state index < -0.39 is 12.0 Å². The molecule has 2 atom stereocenters. The largest absolute Gasteiger partial charge is 0.480 e. The summed E-state index contributed by atoms with van der Waals surface area (Å²) < 4.78 is 0. The number of carboxylic acids is 1. The number of benzene rings is 1. The maximum atomic E-state index is 11.4. The fourth-order valence-electron chi connectivity index (χ4n) is 2.73. The summed E-state index contributed by atoms with van der Waals surface area (Å²) in [6, 6.07) is 4.86. The van der Waals surface area contributed by atoms with Crippen molar-refractivity contribution in [2.45, 2.75) is 32.4 Å². The minimum absolute atomic E-state index is 0.157. The van der Waals surface area contributed by atoms with Gasteiger partial charge in [-0.15, -0.1) is 0 Å². The summed E-state index contributed by atoms with van der Waals surface area (Å²) in [4.78, 5) is 13.4. The lowest BCUT2D eigenvalue weighted by atomic mass is 9.90. The Morgan fingerprint density at radius 1 is 1.47 bits per heavy atom. The molecule has 5 heteroatoms. The van der Waals surface area contributed by atoms with E-state index in [2.05, 4.69) is 0 Å². The molecule has 1 saturated heterocycles. The predicted molar refractivity (Wildman–Crippen MR) is 76.7 cm³/mol. The molecule has 0 amide bonds. The summed E-state index contributed by atoms with van der Waals surface area (Å²) in [6.07, 6.45) is 1.97. The van der Waals surface area contributed by atoms with Crippen molar-refractivity contribution in [3.8, 4) is 0 Å². The Morgan fingerprint density at radius 3 is 2.89 bits per heavy atom. The van der Waals surface area contributed by atoms with Crippen LogP contribution in [0.15, 0.2) is 18.2 Å². The van der Waals surface area contributed by atoms with E-state index in [4.69, 9.17) is 23.2 Å². The van der Waals surface area contributed by atoms with E-state index >= 15 is 0 Å². The molecule has 0 bridgehead atoms. The van der Waals surface area contributed by atoms with E-state index in [1.165, 1.54) is 0 Å². The number of carbonyl (C=O) groups is 1. The fourth-order valence-corrected chi connectivity index (χ4v) is 3.11. The van der Waals surface area contributed by atoms with E-state index in [1.54, 1.807) is 12.1 Å². The first kappa shape index (κ1) is 14.6. The zero-order chi connectivity index (χ0) is 14.0. The third kappa shape index (κ3) is 3.41. The number of carboxylic acid groups (broad SMARTS) is 1. The van der Waals surface area contributed by atoms with E-state index in [9.17, 15) is 9.90 Å². The highest BCUT2D eigenvalue weighted by Gasteiger charge is 2.34. The number of halogens is 2. The molecule has 1 aliphatic rings. The number of likely N-dealkylation sites (tertiary alicyclic amines) is 1. The number of hydrogen-bond donors (Lipinski definition) is 1. The molecule has 1 N–H and O–H groups in total. The first-order chi connectivity index (χ1) is 8.99. The third-order valence-corrected chi connectivity index (χ3v) is 4.28. The van der Waals surface area contributed by atoms with E-state index in [1.807, 2.05) is 17.9 Å². The standard InChI is InChI=1S/C14H17Cl2NO2/c1-9-3-2-6-17(13(9)14(18)19)8-10-7-11(15)4-5-12(10)16/h4-5,7,9,13H,2-3,6,8H2,1H3,(H,18,19). The molecule has 0 aromatic heterocycles. The lowest BCUT2D eigenvalue weighted by molar-refractivity contribution is -0.147. The van der Waals surface area contributed by atoms with Gasteiger partial charge in [0.1, 0.15) is 6.04 Å². The van der Waals surface area contributed by atoms with Gasteiger partial charge < -0.3 is 5.11 Å². The van der Waals surface area contributed by atoms with Crippen LogP contribution in [0.5, 0.6) is 0 Å². The van der Waals surface area contributed by atoms with Gasteiger partial charge >= 0.3 is 5.97 Å². The summed E-state index contributed by atoms with van der Waals surface area (Å²) in [6.45, 7) is 3.30. The van der Waals surface area contributed by atoms with Crippen LogP contribution in [0.4, 0.5) is 0 Å². The summed E-state index contributed by atoms with van der Waals surface area (Å²) in [7, 11) is 0. The molecular formula is C14H17Cl2NO2. The van der Waals surface area contributed by atoms with Crippen LogP contribution in [-0.4, -0.2) is 28.6 Å². The molecule has 1 aromatic carbocycles. The molecule has 1 aromatic rings. The number of nitrogens with zero attached hydrogens (tertiary/aromatic N) is 1. The summed E-state index contributed by atoms with van der Waals surface area (Å²) in [5, 5.41) is 10.6. The van der Waals surface area contributed by atoms with Crippen LogP contribution in [-0.2, 0) is 11.3 Å². The molecule has 0 radical (unpaired) electrons. The van der Waals surface area contributed by atoms with Crippen LogP contribution in [0.2, 0.25) is 10.0 Å². The van der Waals surface area contributed by atoms with Gasteiger partial charge in [-0.05, 0) is 49.1 Å². The minimum Gasteiger partial charge on any atom is -0.480 e. The maximum Gasteiger partial charge on any atom is 0.321 e. The highest BCUT2D eigenvalue weighted by molar-refractivity contribution is 6.33. The molecular weight excluding hydrogens is 285 g/mol. The predicted octanol–water partition coefficient (Wildman–Crippen LogP) is 3.68. The second-order valence-electron chi connectivity index (χ2n) is 5.11. The molecule has 19 heavy (non-hydrogen) atoms. The van der Waals surface area contributed by atoms with Crippen molar-refractivity contribution in [2.75, 3.05) is 6.54 Å². The van der Waals surface area contributed by atoms with Gasteiger partial charge in [-0.1, -0.05) is 30.1 Å². The van der Waals surface area contributed by atoms with Crippen LogP contribution >= 0.6 is 23.2 Å². The quantitative estimate of drug-likeness (QED) is 0.926. The molecule has 1 heterocycles. The summed E-state index contributed by atoms with van der Waals surface area (Å²) >= 11 is 12.1. The monoisotopic (exact) mass is 301 g/mol. The summed E-state index contributed by atoms with van der Waals surface area (Å²) in [5.74, 6) is -0.602. The minimum atomic E-state index is -0.759. The zero-order valence-corrected chi connectivity index (χ0v) is 12.3. The average molecular weight is 302 g/mol. The van der Waals surface area contributed by atoms with Gasteiger partial charge in [0.2, 0.25) is 0 Å². The number of piperidine rings is 1. The van der Waals surface area contributed by atoms with E-state index in [0.29, 0.717) is 16.6 Å². The molecule has 0 aliphatic carbocycles. The topological polar surface area (TPSA) is 40.5 Å². The van der Waals surface area contributed by atoms with E-state index in [0.717, 1.165) is 24.9 Å². The molecule has 0 spiro atoms. The van der Waals surface area contributed by atoms with Gasteiger partial charge in [0.15, 0.2) is 0 Å². The highest BCUT2D eigenvalue weighted by atomic mass is 35.5. The Labute approximate surface area is 123 Å². The highest BCUT2D eigenvalue weighted by Crippen LogP contribution is 2.28. The molecule has 0 saturated carbocycles. The second-order valence-corrected chi connectivity index (χ2v) is 5.95. The molecule has 1 fully saturated rings. The van der Waals surface area contributed by atoms with Crippen molar-refractivity contribution in [2.24, 2.45) is 5.92 Å². The Morgan fingerprint density at radius 2 is 2.21 bits per heavy atom. The Bertz CT molecular complexity index is 479. The number of aliphatic carboxylic acids is 1. The van der Waals surface area contributed by atoms with Crippen LogP contribution in [0.25, 0.3) is 0 Å².